The van der Waals surface area contributed by atoms with Gasteiger partial charge in [0.1, 0.15) is 11.4 Å². The van der Waals surface area contributed by atoms with Gasteiger partial charge in [-0.3, -0.25) is 4.68 Å². The first-order chi connectivity index (χ1) is 7.56. The Morgan fingerprint density at radius 3 is 2.62 bits per heavy atom. The molecule has 16 heavy (non-hydrogen) atoms. The summed E-state index contributed by atoms with van der Waals surface area (Å²) >= 11 is 11.6. The van der Waals surface area contributed by atoms with Gasteiger partial charge in [-0.2, -0.15) is 0 Å². The third-order valence-electron chi connectivity index (χ3n) is 1.93. The van der Waals surface area contributed by atoms with Gasteiger partial charge in [-0.1, -0.05) is 23.2 Å². The molecule has 6 heteroatoms. The molecule has 2 rings (SSSR count). The molecule has 0 saturated heterocycles. The highest BCUT2D eigenvalue weighted by atomic mass is 35.5. The van der Waals surface area contributed by atoms with Crippen molar-refractivity contribution in [3.05, 3.63) is 34.4 Å². The number of aryl methyl sites for hydroxylation is 1. The van der Waals surface area contributed by atoms with Crippen molar-refractivity contribution in [1.82, 2.24) is 9.78 Å². The van der Waals surface area contributed by atoms with Gasteiger partial charge in [0, 0.05) is 13.1 Å². The second-order valence-electron chi connectivity index (χ2n) is 3.24. The largest absolute Gasteiger partial charge is 0.436 e. The van der Waals surface area contributed by atoms with Crippen LogP contribution >= 0.6 is 23.2 Å². The van der Waals surface area contributed by atoms with Crippen LogP contribution in [-0.4, -0.2) is 9.78 Å². The monoisotopic (exact) mass is 257 g/mol. The molecule has 1 aromatic carbocycles. The molecule has 2 aromatic rings. The Kier molecular flexibility index (Phi) is 2.94. The summed E-state index contributed by atoms with van der Waals surface area (Å²) < 4.78 is 7.04. The van der Waals surface area contributed by atoms with Crippen LogP contribution in [0.1, 0.15) is 0 Å². The van der Waals surface area contributed by atoms with E-state index in [2.05, 4.69) is 5.10 Å². The summed E-state index contributed by atoms with van der Waals surface area (Å²) in [6, 6.07) is 4.96. The molecule has 0 aliphatic rings. The lowest BCUT2D eigenvalue weighted by atomic mass is 10.3. The van der Waals surface area contributed by atoms with Gasteiger partial charge < -0.3 is 10.5 Å². The van der Waals surface area contributed by atoms with Gasteiger partial charge in [0.25, 0.3) is 5.88 Å². The third-order valence-corrected chi connectivity index (χ3v) is 2.67. The zero-order valence-electron chi connectivity index (χ0n) is 8.45. The van der Waals surface area contributed by atoms with Crippen LogP contribution in [0.25, 0.3) is 0 Å². The van der Waals surface area contributed by atoms with Crippen LogP contribution in [0.4, 0.5) is 5.69 Å². The van der Waals surface area contributed by atoms with Crippen LogP contribution in [0.2, 0.25) is 10.0 Å². The zero-order valence-corrected chi connectivity index (χ0v) is 9.96. The molecule has 2 N–H and O–H groups in total. The SMILES string of the molecule is Cn1cc(N)c(Oc2ccc(Cl)c(Cl)c2)n1. The Hall–Kier alpha value is -1.39. The first-order valence-corrected chi connectivity index (χ1v) is 5.24. The number of nitrogens with two attached hydrogens (primary N) is 1. The summed E-state index contributed by atoms with van der Waals surface area (Å²) in [6.07, 6.45) is 1.66. The van der Waals surface area contributed by atoms with Crippen LogP contribution in [0.15, 0.2) is 24.4 Å². The smallest absolute Gasteiger partial charge is 0.261 e. The predicted octanol–water partition coefficient (Wildman–Crippen LogP) is 3.10. The van der Waals surface area contributed by atoms with Gasteiger partial charge in [0.2, 0.25) is 0 Å². The molecule has 0 bridgehead atoms. The molecule has 0 amide bonds. The summed E-state index contributed by atoms with van der Waals surface area (Å²) in [5.41, 5.74) is 6.16. The number of hydrogen-bond donors (Lipinski definition) is 1. The van der Waals surface area contributed by atoms with Crippen molar-refractivity contribution >= 4 is 28.9 Å². The minimum absolute atomic E-state index is 0.348. The lowest BCUT2D eigenvalue weighted by molar-refractivity contribution is 0.456. The number of anilines is 1. The quantitative estimate of drug-likeness (QED) is 0.900. The van der Waals surface area contributed by atoms with Crippen molar-refractivity contribution in [2.24, 2.45) is 7.05 Å². The maximum absolute atomic E-state index is 5.86. The number of ether oxygens (including phenoxy) is 1. The number of nitrogens with zero attached hydrogens (tertiary/aromatic N) is 2. The highest BCUT2D eigenvalue weighted by Crippen LogP contribution is 2.30. The molecule has 0 fully saturated rings. The van der Waals surface area contributed by atoms with Crippen molar-refractivity contribution in [2.45, 2.75) is 0 Å². The number of halogens is 2. The van der Waals surface area contributed by atoms with E-state index >= 15 is 0 Å². The Morgan fingerprint density at radius 2 is 2.06 bits per heavy atom. The van der Waals surface area contributed by atoms with Gasteiger partial charge >= 0.3 is 0 Å². The Balaban J connectivity index is 2.27. The van der Waals surface area contributed by atoms with Gasteiger partial charge in [-0.25, -0.2) is 0 Å². The van der Waals surface area contributed by atoms with E-state index in [4.69, 9.17) is 33.7 Å². The van der Waals surface area contributed by atoms with E-state index < -0.39 is 0 Å². The fourth-order valence-electron chi connectivity index (χ4n) is 1.22. The van der Waals surface area contributed by atoms with Crippen LogP contribution in [0, 0.1) is 0 Å². The fourth-order valence-corrected chi connectivity index (χ4v) is 1.51. The van der Waals surface area contributed by atoms with Crippen LogP contribution < -0.4 is 10.5 Å². The van der Waals surface area contributed by atoms with Crippen LogP contribution in [0.5, 0.6) is 11.6 Å². The first kappa shape index (κ1) is 11.1. The predicted molar refractivity (Wildman–Crippen MR) is 64.2 cm³/mol. The van der Waals surface area contributed by atoms with Gasteiger partial charge in [0.05, 0.1) is 16.2 Å². The molecule has 1 aromatic heterocycles. The first-order valence-electron chi connectivity index (χ1n) is 4.48. The number of benzene rings is 1. The molecule has 4 nitrogen and oxygen atoms in total. The van der Waals surface area contributed by atoms with E-state index in [0.29, 0.717) is 27.4 Å². The van der Waals surface area contributed by atoms with E-state index in [1.54, 1.807) is 36.1 Å². The van der Waals surface area contributed by atoms with Crippen molar-refractivity contribution in [2.75, 3.05) is 5.73 Å². The van der Waals surface area contributed by atoms with E-state index in [1.807, 2.05) is 0 Å². The summed E-state index contributed by atoms with van der Waals surface area (Å²) in [5.74, 6) is 0.890. The number of nitrogen functional groups attached to an aromatic ring is 1. The van der Waals surface area contributed by atoms with Crippen LogP contribution in [0.3, 0.4) is 0 Å². The average molecular weight is 258 g/mol. The van der Waals surface area contributed by atoms with Crippen molar-refractivity contribution in [3.8, 4) is 11.6 Å². The molecule has 0 aliphatic heterocycles. The zero-order chi connectivity index (χ0) is 11.7. The molecule has 84 valence electrons. The Bertz CT molecular complexity index is 525. The second kappa shape index (κ2) is 4.23. The number of aromatic nitrogens is 2. The lowest BCUT2D eigenvalue weighted by Gasteiger charge is -2.04. The molecule has 1 heterocycles. The molecule has 0 atom stereocenters. The summed E-state index contributed by atoms with van der Waals surface area (Å²) in [5, 5.41) is 4.95. The summed E-state index contributed by atoms with van der Waals surface area (Å²) in [4.78, 5) is 0. The topological polar surface area (TPSA) is 53.1 Å². The second-order valence-corrected chi connectivity index (χ2v) is 4.06. The van der Waals surface area contributed by atoms with Crippen molar-refractivity contribution in [1.29, 1.82) is 0 Å². The van der Waals surface area contributed by atoms with Crippen molar-refractivity contribution < 1.29 is 4.74 Å². The van der Waals surface area contributed by atoms with Gasteiger partial charge in [-0.15, -0.1) is 5.10 Å². The molecular weight excluding hydrogens is 249 g/mol. The number of hydrogen-bond acceptors (Lipinski definition) is 3. The maximum atomic E-state index is 5.86. The highest BCUT2D eigenvalue weighted by molar-refractivity contribution is 6.42. The molecular formula is C10H9Cl2N3O. The highest BCUT2D eigenvalue weighted by Gasteiger charge is 2.07. The van der Waals surface area contributed by atoms with E-state index in [-0.39, 0.29) is 0 Å². The fraction of sp³-hybridized carbons (Fsp3) is 0.100. The summed E-state index contributed by atoms with van der Waals surface area (Å²) in [6.45, 7) is 0. The Morgan fingerprint density at radius 1 is 1.31 bits per heavy atom. The molecule has 0 spiro atoms. The van der Waals surface area contributed by atoms with Gasteiger partial charge in [-0.05, 0) is 12.1 Å². The molecule has 0 radical (unpaired) electrons. The van der Waals surface area contributed by atoms with Crippen LogP contribution in [-0.2, 0) is 7.05 Å². The molecule has 0 unspecified atom stereocenters. The van der Waals surface area contributed by atoms with E-state index in [9.17, 15) is 0 Å². The standard InChI is InChI=1S/C10H9Cl2N3O/c1-15-5-9(13)10(14-15)16-6-2-3-7(11)8(12)4-6/h2-5H,13H2,1H3. The Labute approximate surface area is 103 Å². The van der Waals surface area contributed by atoms with Crippen molar-refractivity contribution in [3.63, 3.8) is 0 Å². The maximum Gasteiger partial charge on any atom is 0.261 e. The lowest BCUT2D eigenvalue weighted by Crippen LogP contribution is -1.91. The average Bonchev–Trinajstić information content (AvgIpc) is 2.51. The minimum Gasteiger partial charge on any atom is -0.436 e. The summed E-state index contributed by atoms with van der Waals surface area (Å²) in [7, 11) is 1.76. The molecule has 0 saturated carbocycles. The van der Waals surface area contributed by atoms with Gasteiger partial charge in [0.15, 0.2) is 0 Å². The molecule has 0 aliphatic carbocycles. The normalized spacial score (nSPS) is 10.4. The third kappa shape index (κ3) is 2.23. The van der Waals surface area contributed by atoms with E-state index in [0.717, 1.165) is 0 Å². The minimum atomic E-state index is 0.348. The number of rotatable bonds is 2. The van der Waals surface area contributed by atoms with E-state index in [1.165, 1.54) is 0 Å².